The van der Waals surface area contributed by atoms with Crippen LogP contribution in [0.4, 0.5) is 5.82 Å². The molecule has 128 valence electrons. The van der Waals surface area contributed by atoms with Gasteiger partial charge in [-0.15, -0.1) is 5.10 Å². The predicted molar refractivity (Wildman–Crippen MR) is 88.3 cm³/mol. The maximum Gasteiger partial charge on any atom is 0.242 e. The zero-order chi connectivity index (χ0) is 17.5. The van der Waals surface area contributed by atoms with Crippen LogP contribution in [0.1, 0.15) is 19.4 Å². The highest BCUT2D eigenvalue weighted by Crippen LogP contribution is 2.12. The van der Waals surface area contributed by atoms with E-state index in [2.05, 4.69) is 20.9 Å². The molecule has 0 bridgehead atoms. The van der Waals surface area contributed by atoms with Crippen molar-refractivity contribution in [2.75, 3.05) is 12.4 Å². The van der Waals surface area contributed by atoms with Crippen molar-refractivity contribution in [2.45, 2.75) is 26.9 Å². The van der Waals surface area contributed by atoms with Crippen LogP contribution in [0, 0.1) is 5.92 Å². The second-order valence-corrected chi connectivity index (χ2v) is 5.57. The molecule has 8 nitrogen and oxygen atoms in total. The summed E-state index contributed by atoms with van der Waals surface area (Å²) >= 11 is 0. The number of carbonyl (C=O) groups excluding carboxylic acids is 2. The summed E-state index contributed by atoms with van der Waals surface area (Å²) in [5, 5.41) is 13.1. The van der Waals surface area contributed by atoms with Crippen LogP contribution in [0.3, 0.4) is 0 Å². The minimum Gasteiger partial charge on any atom is -0.497 e. The first kappa shape index (κ1) is 17.5. The number of aromatic nitrogens is 3. The van der Waals surface area contributed by atoms with E-state index >= 15 is 0 Å². The summed E-state index contributed by atoms with van der Waals surface area (Å²) in [5.41, 5.74) is 0.936. The number of rotatable bonds is 7. The molecule has 0 fully saturated rings. The molecule has 1 aromatic heterocycles. The predicted octanol–water partition coefficient (Wildman–Crippen LogP) is 1.20. The van der Waals surface area contributed by atoms with Crippen molar-refractivity contribution in [3.63, 3.8) is 0 Å². The van der Waals surface area contributed by atoms with Gasteiger partial charge in [-0.1, -0.05) is 31.2 Å². The molecule has 2 amide bonds. The van der Waals surface area contributed by atoms with Crippen molar-refractivity contribution < 1.29 is 14.3 Å². The summed E-state index contributed by atoms with van der Waals surface area (Å²) < 4.78 is 6.51. The molecule has 1 heterocycles. The standard InChI is InChI=1S/C16H21N5O3/c1-11(2)16(23)18-14-9-21(20-19-14)10-15(22)17-8-12-5-4-6-13(7-12)24-3/h4-7,9,11H,8,10H2,1-3H3,(H,17,22)(H,18,23). The number of methoxy groups -OCH3 is 1. The lowest BCUT2D eigenvalue weighted by Gasteiger charge is -2.07. The normalized spacial score (nSPS) is 10.5. The lowest BCUT2D eigenvalue weighted by Crippen LogP contribution is -2.27. The number of carbonyl (C=O) groups is 2. The maximum absolute atomic E-state index is 12.0. The quantitative estimate of drug-likeness (QED) is 0.794. The van der Waals surface area contributed by atoms with E-state index in [0.717, 1.165) is 11.3 Å². The molecule has 2 aromatic rings. The van der Waals surface area contributed by atoms with Gasteiger partial charge in [0.1, 0.15) is 12.3 Å². The van der Waals surface area contributed by atoms with E-state index in [1.807, 2.05) is 24.3 Å². The van der Waals surface area contributed by atoms with Crippen LogP contribution in [0.25, 0.3) is 0 Å². The van der Waals surface area contributed by atoms with Crippen LogP contribution in [-0.2, 0) is 22.7 Å². The molecule has 0 unspecified atom stereocenters. The van der Waals surface area contributed by atoms with E-state index in [1.165, 1.54) is 10.9 Å². The third-order valence-electron chi connectivity index (χ3n) is 3.24. The smallest absolute Gasteiger partial charge is 0.242 e. The van der Waals surface area contributed by atoms with Gasteiger partial charge >= 0.3 is 0 Å². The Morgan fingerprint density at radius 2 is 2.12 bits per heavy atom. The summed E-state index contributed by atoms with van der Waals surface area (Å²) in [6.45, 7) is 3.98. The highest BCUT2D eigenvalue weighted by atomic mass is 16.5. The van der Waals surface area contributed by atoms with Crippen molar-refractivity contribution in [1.82, 2.24) is 20.3 Å². The van der Waals surface area contributed by atoms with E-state index in [-0.39, 0.29) is 24.3 Å². The third-order valence-corrected chi connectivity index (χ3v) is 3.24. The Bertz CT molecular complexity index is 711. The zero-order valence-corrected chi connectivity index (χ0v) is 13.9. The highest BCUT2D eigenvalue weighted by Gasteiger charge is 2.11. The average Bonchev–Trinajstić information content (AvgIpc) is 3.00. The average molecular weight is 331 g/mol. The second kappa shape index (κ2) is 8.09. The minimum atomic E-state index is -0.204. The van der Waals surface area contributed by atoms with Gasteiger partial charge in [0.05, 0.1) is 13.3 Å². The molecule has 0 saturated carbocycles. The Kier molecular flexibility index (Phi) is 5.89. The Balaban J connectivity index is 1.84. The molecule has 24 heavy (non-hydrogen) atoms. The SMILES string of the molecule is COc1cccc(CNC(=O)Cn2cc(NC(=O)C(C)C)nn2)c1. The molecule has 0 aliphatic rings. The lowest BCUT2D eigenvalue weighted by molar-refractivity contribution is -0.122. The van der Waals surface area contributed by atoms with Crippen LogP contribution in [-0.4, -0.2) is 33.9 Å². The maximum atomic E-state index is 12.0. The van der Waals surface area contributed by atoms with Crippen molar-refractivity contribution in [2.24, 2.45) is 5.92 Å². The molecule has 8 heteroatoms. The monoisotopic (exact) mass is 331 g/mol. The fraction of sp³-hybridized carbons (Fsp3) is 0.375. The van der Waals surface area contributed by atoms with E-state index in [9.17, 15) is 9.59 Å². The third kappa shape index (κ3) is 5.08. The van der Waals surface area contributed by atoms with E-state index < -0.39 is 0 Å². The Hall–Kier alpha value is -2.90. The molecule has 0 aliphatic heterocycles. The first-order valence-electron chi connectivity index (χ1n) is 7.58. The number of nitrogens with one attached hydrogen (secondary N) is 2. The lowest BCUT2D eigenvalue weighted by atomic mass is 10.2. The molecule has 1 aromatic carbocycles. The van der Waals surface area contributed by atoms with Gasteiger partial charge in [0, 0.05) is 12.5 Å². The van der Waals surface area contributed by atoms with Gasteiger partial charge < -0.3 is 15.4 Å². The van der Waals surface area contributed by atoms with Crippen LogP contribution < -0.4 is 15.4 Å². The van der Waals surface area contributed by atoms with Gasteiger partial charge in [-0.25, -0.2) is 4.68 Å². The minimum absolute atomic E-state index is 0.0223. The van der Waals surface area contributed by atoms with Crippen LogP contribution in [0.5, 0.6) is 5.75 Å². The summed E-state index contributed by atoms with van der Waals surface area (Å²) in [5.74, 6) is 0.563. The molecule has 0 aliphatic carbocycles. The molecular formula is C16H21N5O3. The molecular weight excluding hydrogens is 310 g/mol. The van der Waals surface area contributed by atoms with Crippen molar-refractivity contribution >= 4 is 17.6 Å². The van der Waals surface area contributed by atoms with Crippen LogP contribution >= 0.6 is 0 Å². The summed E-state index contributed by atoms with van der Waals surface area (Å²) in [7, 11) is 1.60. The number of nitrogens with zero attached hydrogens (tertiary/aromatic N) is 3. The molecule has 0 radical (unpaired) electrons. The largest absolute Gasteiger partial charge is 0.497 e. The summed E-state index contributed by atoms with van der Waals surface area (Å²) in [6.07, 6.45) is 1.52. The first-order valence-corrected chi connectivity index (χ1v) is 7.58. The second-order valence-electron chi connectivity index (χ2n) is 5.57. The van der Waals surface area contributed by atoms with E-state index in [4.69, 9.17) is 4.74 Å². The highest BCUT2D eigenvalue weighted by molar-refractivity contribution is 5.90. The number of hydrogen-bond acceptors (Lipinski definition) is 5. The number of amides is 2. The topological polar surface area (TPSA) is 98.1 Å². The van der Waals surface area contributed by atoms with Gasteiger partial charge in [0.15, 0.2) is 5.82 Å². The van der Waals surface area contributed by atoms with Crippen LogP contribution in [0.15, 0.2) is 30.5 Å². The van der Waals surface area contributed by atoms with Crippen molar-refractivity contribution in [1.29, 1.82) is 0 Å². The Morgan fingerprint density at radius 1 is 1.33 bits per heavy atom. The Morgan fingerprint density at radius 3 is 2.83 bits per heavy atom. The number of ether oxygens (including phenoxy) is 1. The molecule has 0 saturated heterocycles. The summed E-state index contributed by atoms with van der Waals surface area (Å²) in [6, 6.07) is 7.46. The van der Waals surface area contributed by atoms with Gasteiger partial charge in [0.2, 0.25) is 11.8 Å². The molecule has 0 spiro atoms. The first-order chi connectivity index (χ1) is 11.5. The van der Waals surface area contributed by atoms with Crippen molar-refractivity contribution in [3.8, 4) is 5.75 Å². The fourth-order valence-electron chi connectivity index (χ4n) is 1.89. The van der Waals surface area contributed by atoms with Gasteiger partial charge in [-0.05, 0) is 17.7 Å². The molecule has 0 atom stereocenters. The number of benzene rings is 1. The van der Waals surface area contributed by atoms with E-state index in [0.29, 0.717) is 12.4 Å². The number of hydrogen-bond donors (Lipinski definition) is 2. The van der Waals surface area contributed by atoms with Gasteiger partial charge in [-0.2, -0.15) is 0 Å². The summed E-state index contributed by atoms with van der Waals surface area (Å²) in [4.78, 5) is 23.5. The zero-order valence-electron chi connectivity index (χ0n) is 13.9. The van der Waals surface area contributed by atoms with Crippen LogP contribution in [0.2, 0.25) is 0 Å². The number of anilines is 1. The van der Waals surface area contributed by atoms with Crippen molar-refractivity contribution in [3.05, 3.63) is 36.0 Å². The Labute approximate surface area is 140 Å². The van der Waals surface area contributed by atoms with Gasteiger partial charge in [0.25, 0.3) is 0 Å². The fourth-order valence-corrected chi connectivity index (χ4v) is 1.89. The van der Waals surface area contributed by atoms with Gasteiger partial charge in [-0.3, -0.25) is 9.59 Å². The van der Waals surface area contributed by atoms with E-state index in [1.54, 1.807) is 21.0 Å². The molecule has 2 N–H and O–H groups in total. The molecule has 2 rings (SSSR count).